The van der Waals surface area contributed by atoms with Gasteiger partial charge in [-0.05, 0) is 37.0 Å². The summed E-state index contributed by atoms with van der Waals surface area (Å²) in [6.07, 6.45) is 6.15. The minimum atomic E-state index is -0.455. The molecule has 0 radical (unpaired) electrons. The van der Waals surface area contributed by atoms with E-state index in [9.17, 15) is 9.18 Å². The second-order valence-electron chi connectivity index (χ2n) is 5.31. The summed E-state index contributed by atoms with van der Waals surface area (Å²) in [5, 5.41) is 0. The number of rotatable bonds is 3. The normalized spacial score (nSPS) is 16.4. The number of benzene rings is 1. The van der Waals surface area contributed by atoms with Crippen molar-refractivity contribution < 1.29 is 9.18 Å². The predicted octanol–water partition coefficient (Wildman–Crippen LogP) is 4.24. The summed E-state index contributed by atoms with van der Waals surface area (Å²) in [4.78, 5) is 13.9. The molecule has 0 aromatic heterocycles. The molecule has 0 N–H and O–H groups in total. The van der Waals surface area contributed by atoms with Gasteiger partial charge < -0.3 is 4.90 Å². The quantitative estimate of drug-likeness (QED) is 0.813. The molecule has 2 nitrogen and oxygen atoms in total. The number of halogens is 2. The van der Waals surface area contributed by atoms with Crippen LogP contribution in [0.4, 0.5) is 4.39 Å². The lowest BCUT2D eigenvalue weighted by atomic mass is 9.89. The zero-order valence-electron chi connectivity index (χ0n) is 11.2. The van der Waals surface area contributed by atoms with E-state index < -0.39 is 5.82 Å². The number of hydrogen-bond donors (Lipinski definition) is 0. The molecule has 1 aliphatic rings. The molecule has 1 aromatic carbocycles. The van der Waals surface area contributed by atoms with Crippen molar-refractivity contribution in [2.24, 2.45) is 5.92 Å². The summed E-state index contributed by atoms with van der Waals surface area (Å²) < 4.78 is 14.4. The van der Waals surface area contributed by atoms with Gasteiger partial charge in [0.15, 0.2) is 0 Å². The molecule has 0 unspecified atom stereocenters. The van der Waals surface area contributed by atoms with E-state index >= 15 is 0 Å². The Labute approximate surface area is 122 Å². The first-order valence-electron chi connectivity index (χ1n) is 6.78. The average molecular weight is 328 g/mol. The molecule has 0 atom stereocenters. The van der Waals surface area contributed by atoms with Crippen LogP contribution in [-0.2, 0) is 0 Å². The van der Waals surface area contributed by atoms with Crippen LogP contribution in [0.1, 0.15) is 42.5 Å². The molecule has 104 valence electrons. The minimum absolute atomic E-state index is 0.146. The highest BCUT2D eigenvalue weighted by Gasteiger charge is 2.21. The molecular formula is C15H19BrFNO. The molecule has 1 fully saturated rings. The Balaban J connectivity index is 2.03. The van der Waals surface area contributed by atoms with E-state index in [1.807, 2.05) is 0 Å². The number of amides is 1. The number of hydrogen-bond acceptors (Lipinski definition) is 1. The second-order valence-corrected chi connectivity index (χ2v) is 6.23. The molecule has 1 amide bonds. The largest absolute Gasteiger partial charge is 0.341 e. The molecule has 1 aromatic rings. The molecule has 0 aliphatic heterocycles. The van der Waals surface area contributed by atoms with Gasteiger partial charge in [-0.1, -0.05) is 35.2 Å². The summed E-state index contributed by atoms with van der Waals surface area (Å²) in [6.45, 7) is 0.727. The fourth-order valence-electron chi connectivity index (χ4n) is 2.71. The van der Waals surface area contributed by atoms with Crippen LogP contribution in [0, 0.1) is 11.7 Å². The van der Waals surface area contributed by atoms with Crippen molar-refractivity contribution in [2.45, 2.75) is 32.1 Å². The fourth-order valence-corrected chi connectivity index (χ4v) is 3.07. The van der Waals surface area contributed by atoms with E-state index in [0.29, 0.717) is 5.92 Å². The van der Waals surface area contributed by atoms with Gasteiger partial charge in [-0.25, -0.2) is 4.39 Å². The number of carbonyl (C=O) groups is 1. The molecule has 4 heteroatoms. The number of carbonyl (C=O) groups excluding carboxylic acids is 1. The van der Waals surface area contributed by atoms with Gasteiger partial charge >= 0.3 is 0 Å². The van der Waals surface area contributed by atoms with Gasteiger partial charge in [0.2, 0.25) is 0 Å². The highest BCUT2D eigenvalue weighted by atomic mass is 79.9. The standard InChI is InChI=1S/C15H19BrFNO/c1-18(10-11-5-3-2-4-6-11)15(19)13-9-12(16)7-8-14(13)17/h7-9,11H,2-6,10H2,1H3. The Bertz CT molecular complexity index is 457. The average Bonchev–Trinajstić information content (AvgIpc) is 2.42. The van der Waals surface area contributed by atoms with E-state index in [1.165, 1.54) is 38.2 Å². The lowest BCUT2D eigenvalue weighted by Crippen LogP contribution is -2.33. The molecule has 0 saturated heterocycles. The van der Waals surface area contributed by atoms with E-state index in [0.717, 1.165) is 11.0 Å². The van der Waals surface area contributed by atoms with Crippen molar-refractivity contribution in [2.75, 3.05) is 13.6 Å². The van der Waals surface area contributed by atoms with Crippen molar-refractivity contribution >= 4 is 21.8 Å². The van der Waals surface area contributed by atoms with Crippen molar-refractivity contribution in [1.82, 2.24) is 4.90 Å². The first-order valence-corrected chi connectivity index (χ1v) is 7.57. The van der Waals surface area contributed by atoms with Crippen molar-refractivity contribution in [3.8, 4) is 0 Å². The van der Waals surface area contributed by atoms with E-state index in [-0.39, 0.29) is 11.5 Å². The predicted molar refractivity (Wildman–Crippen MR) is 77.6 cm³/mol. The SMILES string of the molecule is CN(CC1CCCCC1)C(=O)c1cc(Br)ccc1F. The Hall–Kier alpha value is -0.900. The topological polar surface area (TPSA) is 20.3 Å². The highest BCUT2D eigenvalue weighted by Crippen LogP contribution is 2.25. The van der Waals surface area contributed by atoms with Gasteiger partial charge in [0.05, 0.1) is 5.56 Å². The van der Waals surface area contributed by atoms with Gasteiger partial charge in [0.25, 0.3) is 5.91 Å². The van der Waals surface area contributed by atoms with E-state index in [1.54, 1.807) is 24.1 Å². The molecular weight excluding hydrogens is 309 g/mol. The van der Waals surface area contributed by atoms with Crippen LogP contribution >= 0.6 is 15.9 Å². The first kappa shape index (κ1) is 14.5. The Morgan fingerprint density at radius 3 is 2.74 bits per heavy atom. The molecule has 1 saturated carbocycles. The van der Waals surface area contributed by atoms with Gasteiger partial charge in [-0.2, -0.15) is 0 Å². The maximum Gasteiger partial charge on any atom is 0.256 e. The van der Waals surface area contributed by atoms with Crippen molar-refractivity contribution in [1.29, 1.82) is 0 Å². The summed E-state index contributed by atoms with van der Waals surface area (Å²) in [5.41, 5.74) is 0.146. The highest BCUT2D eigenvalue weighted by molar-refractivity contribution is 9.10. The Kier molecular flexibility index (Phi) is 4.97. The smallest absolute Gasteiger partial charge is 0.256 e. The molecule has 0 bridgehead atoms. The summed E-state index contributed by atoms with van der Waals surface area (Å²) in [6, 6.07) is 4.48. The molecule has 2 rings (SSSR count). The molecule has 0 heterocycles. The third kappa shape index (κ3) is 3.78. The Morgan fingerprint density at radius 2 is 2.05 bits per heavy atom. The van der Waals surface area contributed by atoms with Crippen LogP contribution < -0.4 is 0 Å². The van der Waals surface area contributed by atoms with Gasteiger partial charge in [0.1, 0.15) is 5.82 Å². The minimum Gasteiger partial charge on any atom is -0.341 e. The molecule has 0 spiro atoms. The monoisotopic (exact) mass is 327 g/mol. The first-order chi connectivity index (χ1) is 9.08. The van der Waals surface area contributed by atoms with E-state index in [2.05, 4.69) is 15.9 Å². The zero-order valence-corrected chi connectivity index (χ0v) is 12.7. The van der Waals surface area contributed by atoms with Gasteiger partial charge in [-0.15, -0.1) is 0 Å². The van der Waals surface area contributed by atoms with Crippen LogP contribution in [0.25, 0.3) is 0 Å². The van der Waals surface area contributed by atoms with Crippen LogP contribution in [0.5, 0.6) is 0 Å². The number of nitrogens with zero attached hydrogens (tertiary/aromatic N) is 1. The third-order valence-electron chi connectivity index (χ3n) is 3.76. The molecule has 1 aliphatic carbocycles. The van der Waals surface area contributed by atoms with Crippen LogP contribution in [-0.4, -0.2) is 24.4 Å². The maximum atomic E-state index is 13.7. The maximum absolute atomic E-state index is 13.7. The third-order valence-corrected chi connectivity index (χ3v) is 4.26. The van der Waals surface area contributed by atoms with E-state index in [4.69, 9.17) is 0 Å². The molecule has 19 heavy (non-hydrogen) atoms. The Morgan fingerprint density at radius 1 is 1.37 bits per heavy atom. The summed E-state index contributed by atoms with van der Waals surface area (Å²) in [5.74, 6) is -0.119. The lowest BCUT2D eigenvalue weighted by Gasteiger charge is -2.27. The fraction of sp³-hybridized carbons (Fsp3) is 0.533. The van der Waals surface area contributed by atoms with Crippen molar-refractivity contribution in [3.63, 3.8) is 0 Å². The van der Waals surface area contributed by atoms with Crippen LogP contribution in [0.3, 0.4) is 0 Å². The second kappa shape index (κ2) is 6.51. The summed E-state index contributed by atoms with van der Waals surface area (Å²) in [7, 11) is 1.76. The van der Waals surface area contributed by atoms with Gasteiger partial charge in [-0.3, -0.25) is 4.79 Å². The lowest BCUT2D eigenvalue weighted by molar-refractivity contribution is 0.0756. The van der Waals surface area contributed by atoms with Gasteiger partial charge in [0, 0.05) is 18.1 Å². The summed E-state index contributed by atoms with van der Waals surface area (Å²) >= 11 is 3.27. The van der Waals surface area contributed by atoms with Crippen molar-refractivity contribution in [3.05, 3.63) is 34.1 Å². The van der Waals surface area contributed by atoms with Crippen LogP contribution in [0.2, 0.25) is 0 Å². The van der Waals surface area contributed by atoms with Crippen LogP contribution in [0.15, 0.2) is 22.7 Å². The zero-order chi connectivity index (χ0) is 13.8.